The molecule has 2 aliphatic rings. The fraction of sp³-hybridized carbons (Fsp3) is 0.286. The van der Waals surface area contributed by atoms with Gasteiger partial charge in [-0.3, -0.25) is 14.4 Å². The molecule has 30 heavy (non-hydrogen) atoms. The van der Waals surface area contributed by atoms with Crippen LogP contribution in [0.2, 0.25) is 0 Å². The van der Waals surface area contributed by atoms with E-state index in [2.05, 4.69) is 20.5 Å². The number of fused-ring (bicyclic) bond motifs is 2. The number of aromatic amines is 1. The molecule has 2 aliphatic heterocycles. The van der Waals surface area contributed by atoms with Gasteiger partial charge in [-0.25, -0.2) is 10.1 Å². The van der Waals surface area contributed by atoms with Gasteiger partial charge in [0.1, 0.15) is 11.5 Å². The van der Waals surface area contributed by atoms with Crippen molar-refractivity contribution in [3.8, 4) is 0 Å². The van der Waals surface area contributed by atoms with Crippen LogP contribution in [0.25, 0.3) is 10.8 Å². The number of nitrogens with one attached hydrogen (secondary N) is 2. The Kier molecular flexibility index (Phi) is 4.05. The highest BCUT2D eigenvalue weighted by Gasteiger charge is 2.45. The number of carbonyl (C=O) groups excluding carboxylic acids is 2. The molecule has 3 aromatic rings. The number of benzene rings is 1. The van der Waals surface area contributed by atoms with E-state index in [1.807, 2.05) is 11.9 Å². The zero-order valence-electron chi connectivity index (χ0n) is 16.4. The van der Waals surface area contributed by atoms with Crippen molar-refractivity contribution < 1.29 is 9.59 Å². The third-order valence-corrected chi connectivity index (χ3v) is 6.11. The number of hydrogen-bond acceptors (Lipinski definition) is 6. The largest absolute Gasteiger partial charge is 0.337 e. The fourth-order valence-corrected chi connectivity index (χ4v) is 4.37. The van der Waals surface area contributed by atoms with E-state index >= 15 is 0 Å². The van der Waals surface area contributed by atoms with Crippen molar-refractivity contribution in [2.24, 2.45) is 0 Å². The van der Waals surface area contributed by atoms with Gasteiger partial charge in [-0.1, -0.05) is 18.2 Å². The van der Waals surface area contributed by atoms with Crippen LogP contribution in [-0.4, -0.2) is 57.7 Å². The average molecular weight is 404 g/mol. The molecule has 9 heteroatoms. The van der Waals surface area contributed by atoms with Crippen molar-refractivity contribution in [1.29, 1.82) is 0 Å². The van der Waals surface area contributed by atoms with Crippen molar-refractivity contribution in [2.45, 2.75) is 18.5 Å². The second kappa shape index (κ2) is 6.65. The highest BCUT2D eigenvalue weighted by atomic mass is 16.2. The van der Waals surface area contributed by atoms with Crippen molar-refractivity contribution >= 4 is 28.4 Å². The second-order valence-electron chi connectivity index (χ2n) is 7.66. The smallest absolute Gasteiger partial charge is 0.274 e. The monoisotopic (exact) mass is 404 g/mol. The Balaban J connectivity index is 1.41. The molecule has 4 heterocycles. The van der Waals surface area contributed by atoms with Gasteiger partial charge in [-0.05, 0) is 18.2 Å². The van der Waals surface area contributed by atoms with Crippen LogP contribution in [0.15, 0.2) is 47.4 Å². The summed E-state index contributed by atoms with van der Waals surface area (Å²) in [4.78, 5) is 45.9. The van der Waals surface area contributed by atoms with E-state index in [0.717, 1.165) is 0 Å². The third kappa shape index (κ3) is 2.66. The fourth-order valence-electron chi connectivity index (χ4n) is 4.37. The summed E-state index contributed by atoms with van der Waals surface area (Å²) in [7, 11) is 1.92. The maximum absolute atomic E-state index is 13.2. The molecule has 0 aliphatic carbocycles. The molecule has 0 saturated carbocycles. The highest BCUT2D eigenvalue weighted by molar-refractivity contribution is 6.05. The van der Waals surface area contributed by atoms with E-state index < -0.39 is 5.66 Å². The Morgan fingerprint density at radius 3 is 2.57 bits per heavy atom. The molecule has 2 aromatic heterocycles. The molecule has 0 unspecified atom stereocenters. The lowest BCUT2D eigenvalue weighted by atomic mass is 9.91. The van der Waals surface area contributed by atoms with Crippen molar-refractivity contribution in [3.05, 3.63) is 64.2 Å². The molecule has 2 amide bonds. The molecular formula is C21H20N6O3. The summed E-state index contributed by atoms with van der Waals surface area (Å²) < 4.78 is 0. The summed E-state index contributed by atoms with van der Waals surface area (Å²) in [5.41, 5.74) is -0.130. The minimum Gasteiger partial charge on any atom is -0.337 e. The van der Waals surface area contributed by atoms with E-state index in [4.69, 9.17) is 0 Å². The zero-order valence-corrected chi connectivity index (χ0v) is 16.4. The Morgan fingerprint density at radius 2 is 1.80 bits per heavy atom. The lowest BCUT2D eigenvalue weighted by Gasteiger charge is -2.50. The van der Waals surface area contributed by atoms with Gasteiger partial charge < -0.3 is 15.1 Å². The normalized spacial score (nSPS) is 17.7. The highest BCUT2D eigenvalue weighted by Crippen LogP contribution is 2.35. The first-order valence-corrected chi connectivity index (χ1v) is 9.78. The number of amides is 2. The summed E-state index contributed by atoms with van der Waals surface area (Å²) in [5.74, 6) is 0.263. The summed E-state index contributed by atoms with van der Waals surface area (Å²) in [6, 6.07) is 10.4. The molecule has 1 fully saturated rings. The molecular weight excluding hydrogens is 384 g/mol. The van der Waals surface area contributed by atoms with Crippen LogP contribution in [-0.2, 0) is 0 Å². The van der Waals surface area contributed by atoms with E-state index in [1.54, 1.807) is 47.5 Å². The molecule has 9 nitrogen and oxygen atoms in total. The number of hydrogen-bond donors (Lipinski definition) is 2. The molecule has 0 atom stereocenters. The number of piperidine rings is 1. The van der Waals surface area contributed by atoms with Gasteiger partial charge in [0.15, 0.2) is 5.69 Å². The van der Waals surface area contributed by atoms with E-state index in [1.165, 1.54) is 0 Å². The lowest BCUT2D eigenvalue weighted by Crippen LogP contribution is -2.67. The predicted molar refractivity (Wildman–Crippen MR) is 110 cm³/mol. The molecule has 152 valence electrons. The molecule has 0 radical (unpaired) electrons. The van der Waals surface area contributed by atoms with Crippen molar-refractivity contribution in [2.75, 3.05) is 25.0 Å². The predicted octanol–water partition coefficient (Wildman–Crippen LogP) is 1.13. The number of anilines is 1. The first kappa shape index (κ1) is 18.3. The van der Waals surface area contributed by atoms with Crippen LogP contribution >= 0.6 is 0 Å². The first-order valence-electron chi connectivity index (χ1n) is 9.78. The molecule has 1 saturated heterocycles. The van der Waals surface area contributed by atoms with E-state index in [9.17, 15) is 14.4 Å². The van der Waals surface area contributed by atoms with Crippen LogP contribution in [0.5, 0.6) is 0 Å². The number of aromatic nitrogens is 3. The minimum atomic E-state index is -0.588. The van der Waals surface area contributed by atoms with Crippen molar-refractivity contribution in [1.82, 2.24) is 25.4 Å². The number of likely N-dealkylation sites (tertiary alicyclic amines) is 1. The minimum absolute atomic E-state index is 0.149. The van der Waals surface area contributed by atoms with Gasteiger partial charge in [0.05, 0.1) is 10.9 Å². The molecule has 1 spiro atoms. The number of carbonyl (C=O) groups is 2. The Morgan fingerprint density at radius 1 is 1.07 bits per heavy atom. The van der Waals surface area contributed by atoms with Gasteiger partial charge in [0.25, 0.3) is 17.4 Å². The van der Waals surface area contributed by atoms with Crippen LogP contribution < -0.4 is 15.8 Å². The summed E-state index contributed by atoms with van der Waals surface area (Å²) in [6.07, 6.45) is 2.78. The molecule has 2 N–H and O–H groups in total. The molecule has 1 aromatic carbocycles. The summed E-state index contributed by atoms with van der Waals surface area (Å²) >= 11 is 0. The zero-order chi connectivity index (χ0) is 20.9. The van der Waals surface area contributed by atoms with Gasteiger partial charge in [0, 0.05) is 44.6 Å². The van der Waals surface area contributed by atoms with Gasteiger partial charge in [-0.2, -0.15) is 5.10 Å². The van der Waals surface area contributed by atoms with Gasteiger partial charge in [0.2, 0.25) is 0 Å². The third-order valence-electron chi connectivity index (χ3n) is 6.11. The Hall–Kier alpha value is -3.75. The maximum Gasteiger partial charge on any atom is 0.274 e. The van der Waals surface area contributed by atoms with Crippen LogP contribution in [0.1, 0.15) is 33.7 Å². The number of pyridine rings is 1. The van der Waals surface area contributed by atoms with Gasteiger partial charge >= 0.3 is 0 Å². The van der Waals surface area contributed by atoms with E-state index in [-0.39, 0.29) is 23.1 Å². The van der Waals surface area contributed by atoms with Crippen LogP contribution in [0.4, 0.5) is 5.82 Å². The molecule has 0 bridgehead atoms. The van der Waals surface area contributed by atoms with Crippen LogP contribution in [0, 0.1) is 0 Å². The molecule has 5 rings (SSSR count). The topological polar surface area (TPSA) is 111 Å². The lowest BCUT2D eigenvalue weighted by molar-refractivity contribution is 0.0604. The van der Waals surface area contributed by atoms with Crippen LogP contribution in [0.3, 0.4) is 0 Å². The Labute approximate surface area is 171 Å². The Bertz CT molecular complexity index is 1230. The first-order chi connectivity index (χ1) is 14.5. The van der Waals surface area contributed by atoms with E-state index in [0.29, 0.717) is 48.1 Å². The number of nitrogens with zero attached hydrogens (tertiary/aromatic N) is 4. The summed E-state index contributed by atoms with van der Waals surface area (Å²) in [6.45, 7) is 0.890. The second-order valence-corrected chi connectivity index (χ2v) is 7.66. The number of rotatable bonds is 1. The quantitative estimate of drug-likeness (QED) is 0.629. The average Bonchev–Trinajstić information content (AvgIpc) is 2.78. The van der Waals surface area contributed by atoms with Gasteiger partial charge in [-0.15, -0.1) is 0 Å². The van der Waals surface area contributed by atoms with Crippen molar-refractivity contribution in [3.63, 3.8) is 0 Å². The SMILES string of the molecule is CN1c2ncccc2C(=O)NC12CCN(C(=O)c1n[nH]c(=O)c3ccccc13)CC2. The number of H-pyrrole nitrogens is 1. The maximum atomic E-state index is 13.2. The standard InChI is InChI=1S/C21H20N6O3/c1-26-17-15(7-4-10-22-17)18(28)23-21(26)8-11-27(12-9-21)20(30)16-13-5-2-3-6-14(13)19(29)25-24-16/h2-7,10H,8-9,11-12H2,1H3,(H,23,28)(H,25,29). The summed E-state index contributed by atoms with van der Waals surface area (Å²) in [5, 5.41) is 10.5.